The van der Waals surface area contributed by atoms with Crippen molar-refractivity contribution in [2.75, 3.05) is 13.9 Å². The highest BCUT2D eigenvalue weighted by molar-refractivity contribution is 5.83. The zero-order chi connectivity index (χ0) is 26.8. The Bertz CT molecular complexity index is 1490. The molecule has 1 fully saturated rings. The molecular weight excluding hydrogens is 496 g/mol. The predicted octanol–water partition coefficient (Wildman–Crippen LogP) is 4.59. The molecule has 1 saturated carbocycles. The number of ether oxygens (including phenoxy) is 3. The van der Waals surface area contributed by atoms with Crippen LogP contribution in [0.4, 0.5) is 0 Å². The van der Waals surface area contributed by atoms with Gasteiger partial charge in [0.2, 0.25) is 6.79 Å². The number of nitrogens with zero attached hydrogens (tertiary/aromatic N) is 5. The molecule has 0 unspecified atom stereocenters. The average molecular weight is 531 g/mol. The maximum Gasteiger partial charge on any atom is 0.252 e. The minimum Gasteiger partial charge on any atom is -0.497 e. The summed E-state index contributed by atoms with van der Waals surface area (Å²) in [6, 6.07) is 14.1. The molecule has 0 amide bonds. The molecule has 2 aromatic heterocycles. The van der Waals surface area contributed by atoms with E-state index in [0.717, 1.165) is 59.3 Å². The number of aromatic amines is 1. The third-order valence-electron chi connectivity index (χ3n) is 7.87. The van der Waals surface area contributed by atoms with Gasteiger partial charge in [-0.05, 0) is 59.5 Å². The monoisotopic (exact) mass is 530 g/mol. The van der Waals surface area contributed by atoms with Crippen molar-refractivity contribution in [2.45, 2.75) is 70.6 Å². The van der Waals surface area contributed by atoms with Crippen LogP contribution in [0.3, 0.4) is 0 Å². The van der Waals surface area contributed by atoms with Gasteiger partial charge in [0.25, 0.3) is 5.56 Å². The number of rotatable bonds is 10. The quantitative estimate of drug-likeness (QED) is 0.317. The number of tetrazole rings is 1. The lowest BCUT2D eigenvalue weighted by Crippen LogP contribution is -2.39. The molecule has 3 heterocycles. The largest absolute Gasteiger partial charge is 0.497 e. The van der Waals surface area contributed by atoms with E-state index in [9.17, 15) is 4.79 Å². The first-order chi connectivity index (χ1) is 19.1. The predicted molar refractivity (Wildman–Crippen MR) is 146 cm³/mol. The van der Waals surface area contributed by atoms with Gasteiger partial charge in [-0.3, -0.25) is 9.69 Å². The molecule has 1 atom stereocenters. The van der Waals surface area contributed by atoms with Gasteiger partial charge in [-0.25, -0.2) is 4.68 Å². The van der Waals surface area contributed by atoms with Gasteiger partial charge in [-0.1, -0.05) is 38.3 Å². The number of nitrogens with one attached hydrogen (secondary N) is 1. The Hall–Kier alpha value is -3.92. The van der Waals surface area contributed by atoms with Crippen molar-refractivity contribution in [1.82, 2.24) is 30.1 Å². The first-order valence-corrected chi connectivity index (χ1v) is 13.7. The Morgan fingerprint density at radius 2 is 1.90 bits per heavy atom. The number of hydrogen-bond acceptors (Lipinski definition) is 8. The molecule has 1 aliphatic heterocycles. The molecule has 4 aromatic rings. The van der Waals surface area contributed by atoms with Crippen molar-refractivity contribution in [3.8, 4) is 17.2 Å². The van der Waals surface area contributed by atoms with Crippen LogP contribution in [-0.2, 0) is 13.1 Å². The minimum atomic E-state index is -0.0857. The van der Waals surface area contributed by atoms with Crippen LogP contribution in [0, 0.1) is 0 Å². The molecule has 0 radical (unpaired) electrons. The topological polar surface area (TPSA) is 107 Å². The van der Waals surface area contributed by atoms with Gasteiger partial charge in [-0.2, -0.15) is 0 Å². The van der Waals surface area contributed by atoms with Gasteiger partial charge in [0.15, 0.2) is 17.3 Å². The van der Waals surface area contributed by atoms with E-state index in [1.807, 2.05) is 47.1 Å². The van der Waals surface area contributed by atoms with E-state index < -0.39 is 0 Å². The fourth-order valence-corrected chi connectivity index (χ4v) is 5.87. The lowest BCUT2D eigenvalue weighted by Gasteiger charge is -2.35. The Labute approximate surface area is 226 Å². The molecule has 39 heavy (non-hydrogen) atoms. The molecule has 6 rings (SSSR count). The van der Waals surface area contributed by atoms with Crippen LogP contribution >= 0.6 is 0 Å². The van der Waals surface area contributed by atoms with Crippen LogP contribution in [0.5, 0.6) is 17.2 Å². The second-order valence-electron chi connectivity index (χ2n) is 10.4. The number of pyridine rings is 1. The summed E-state index contributed by atoms with van der Waals surface area (Å²) in [7, 11) is 1.66. The zero-order valence-corrected chi connectivity index (χ0v) is 22.4. The molecule has 2 aromatic carbocycles. The average Bonchev–Trinajstić information content (AvgIpc) is 3.73. The molecule has 1 aliphatic carbocycles. The van der Waals surface area contributed by atoms with Crippen molar-refractivity contribution in [3.05, 3.63) is 69.8 Å². The number of benzene rings is 2. The Kier molecular flexibility index (Phi) is 7.19. The molecule has 10 nitrogen and oxygen atoms in total. The minimum absolute atomic E-state index is 0.0156. The SMILES string of the molecule is CCC[C@@H](c1nnnn1Cc1ccc(OC)cc1)N(Cc1cc2cc3c(cc2[nH]c1=O)OCO3)C1CCCC1. The van der Waals surface area contributed by atoms with Crippen LogP contribution in [0.25, 0.3) is 10.9 Å². The first-order valence-electron chi connectivity index (χ1n) is 13.7. The van der Waals surface area contributed by atoms with Gasteiger partial charge < -0.3 is 19.2 Å². The van der Waals surface area contributed by atoms with Gasteiger partial charge in [-0.15, -0.1) is 5.10 Å². The van der Waals surface area contributed by atoms with Gasteiger partial charge >= 0.3 is 0 Å². The summed E-state index contributed by atoms with van der Waals surface area (Å²) in [5.41, 5.74) is 2.48. The fraction of sp³-hybridized carbons (Fsp3) is 0.448. The van der Waals surface area contributed by atoms with Crippen LogP contribution < -0.4 is 19.8 Å². The van der Waals surface area contributed by atoms with E-state index in [1.165, 1.54) is 12.8 Å². The highest BCUT2D eigenvalue weighted by Crippen LogP contribution is 2.37. The van der Waals surface area contributed by atoms with E-state index >= 15 is 0 Å². The van der Waals surface area contributed by atoms with E-state index in [1.54, 1.807) is 7.11 Å². The maximum absolute atomic E-state index is 13.3. The van der Waals surface area contributed by atoms with Gasteiger partial charge in [0.1, 0.15) is 5.75 Å². The van der Waals surface area contributed by atoms with Crippen LogP contribution in [0.2, 0.25) is 0 Å². The van der Waals surface area contributed by atoms with E-state index in [-0.39, 0.29) is 18.4 Å². The summed E-state index contributed by atoms with van der Waals surface area (Å²) in [6.45, 7) is 3.46. The lowest BCUT2D eigenvalue weighted by atomic mass is 10.0. The molecule has 0 bridgehead atoms. The maximum atomic E-state index is 13.3. The third-order valence-corrected chi connectivity index (χ3v) is 7.87. The molecule has 0 saturated heterocycles. The van der Waals surface area contributed by atoms with Crippen molar-refractivity contribution >= 4 is 10.9 Å². The van der Waals surface area contributed by atoms with E-state index in [0.29, 0.717) is 30.6 Å². The van der Waals surface area contributed by atoms with Crippen LogP contribution in [0.1, 0.15) is 68.4 Å². The summed E-state index contributed by atoms with van der Waals surface area (Å²) < 4.78 is 18.3. The number of methoxy groups -OCH3 is 1. The standard InChI is InChI=1S/C29H34N6O4/c1-3-6-25(28-31-32-33-35(28)16-19-9-11-23(37-2)12-10-19)34(22-7-4-5-8-22)17-21-13-20-14-26-27(39-18-38-26)15-24(20)30-29(21)36/h9-15,22,25H,3-8,16-18H2,1-2H3,(H,30,36)/t25-/m0/s1. The molecule has 10 heteroatoms. The third kappa shape index (κ3) is 5.21. The van der Waals surface area contributed by atoms with E-state index in [4.69, 9.17) is 14.2 Å². The summed E-state index contributed by atoms with van der Waals surface area (Å²) in [5.74, 6) is 3.01. The van der Waals surface area contributed by atoms with Crippen molar-refractivity contribution in [1.29, 1.82) is 0 Å². The Morgan fingerprint density at radius 1 is 1.13 bits per heavy atom. The second kappa shape index (κ2) is 11.1. The van der Waals surface area contributed by atoms with E-state index in [2.05, 4.69) is 32.3 Å². The van der Waals surface area contributed by atoms with Gasteiger partial charge in [0.05, 0.1) is 25.2 Å². The van der Waals surface area contributed by atoms with Gasteiger partial charge in [0, 0.05) is 29.6 Å². The number of aromatic nitrogens is 5. The molecule has 0 spiro atoms. The second-order valence-corrected chi connectivity index (χ2v) is 10.4. The normalized spacial score (nSPS) is 15.9. The molecule has 204 valence electrons. The van der Waals surface area contributed by atoms with Crippen LogP contribution in [0.15, 0.2) is 47.3 Å². The summed E-state index contributed by atoms with van der Waals surface area (Å²) in [6.07, 6.45) is 6.45. The summed E-state index contributed by atoms with van der Waals surface area (Å²) >= 11 is 0. The van der Waals surface area contributed by atoms with Crippen molar-refractivity contribution < 1.29 is 14.2 Å². The highest BCUT2D eigenvalue weighted by atomic mass is 16.7. The first kappa shape index (κ1) is 25.4. The molecular formula is C29H34N6O4. The fourth-order valence-electron chi connectivity index (χ4n) is 5.87. The summed E-state index contributed by atoms with van der Waals surface area (Å²) in [5, 5.41) is 13.9. The van der Waals surface area contributed by atoms with Crippen molar-refractivity contribution in [2.24, 2.45) is 0 Å². The summed E-state index contributed by atoms with van der Waals surface area (Å²) in [4.78, 5) is 18.8. The lowest BCUT2D eigenvalue weighted by molar-refractivity contribution is 0.108. The number of hydrogen-bond donors (Lipinski definition) is 1. The zero-order valence-electron chi connectivity index (χ0n) is 22.4. The molecule has 2 aliphatic rings. The molecule has 1 N–H and O–H groups in total. The number of H-pyrrole nitrogens is 1. The Balaban J connectivity index is 1.34. The van der Waals surface area contributed by atoms with Crippen molar-refractivity contribution in [3.63, 3.8) is 0 Å². The highest BCUT2D eigenvalue weighted by Gasteiger charge is 2.33. The Morgan fingerprint density at radius 3 is 2.64 bits per heavy atom. The smallest absolute Gasteiger partial charge is 0.252 e. The van der Waals surface area contributed by atoms with Crippen LogP contribution in [-0.4, -0.2) is 50.0 Å². The number of fused-ring (bicyclic) bond motifs is 2.